The van der Waals surface area contributed by atoms with E-state index >= 15 is 0 Å². The molecule has 1 N–H and O–H groups in total. The second-order valence-electron chi connectivity index (χ2n) is 10.9. The van der Waals surface area contributed by atoms with Crippen molar-refractivity contribution in [3.63, 3.8) is 0 Å². The molecule has 0 bridgehead atoms. The van der Waals surface area contributed by atoms with Gasteiger partial charge in [0, 0.05) is 45.3 Å². The van der Waals surface area contributed by atoms with E-state index in [2.05, 4.69) is 29.0 Å². The molecule has 7 nitrogen and oxygen atoms in total. The van der Waals surface area contributed by atoms with Crippen molar-refractivity contribution < 1.29 is 9.53 Å². The third-order valence-electron chi connectivity index (χ3n) is 6.73. The molecule has 0 aromatic heterocycles. The van der Waals surface area contributed by atoms with E-state index in [1.54, 1.807) is 0 Å². The summed E-state index contributed by atoms with van der Waals surface area (Å²) < 4.78 is 5.75. The van der Waals surface area contributed by atoms with E-state index in [1.165, 1.54) is 45.3 Å². The van der Waals surface area contributed by atoms with Crippen LogP contribution in [0.2, 0.25) is 0 Å². The third-order valence-corrected chi connectivity index (χ3v) is 6.73. The number of rotatable bonds is 8. The van der Waals surface area contributed by atoms with Crippen LogP contribution in [0.15, 0.2) is 4.99 Å². The minimum absolute atomic E-state index is 0.138. The highest BCUT2D eigenvalue weighted by Crippen LogP contribution is 2.32. The van der Waals surface area contributed by atoms with E-state index in [0.29, 0.717) is 11.8 Å². The summed E-state index contributed by atoms with van der Waals surface area (Å²) in [5, 5.41) is 3.51. The van der Waals surface area contributed by atoms with Gasteiger partial charge in [0.1, 0.15) is 5.60 Å². The molecule has 7 heteroatoms. The van der Waals surface area contributed by atoms with Crippen molar-refractivity contribution in [3.05, 3.63) is 0 Å². The maximum atomic E-state index is 12.9. The molecule has 184 valence electrons. The molecular formula is C25H47N5O2. The molecule has 0 spiro atoms. The van der Waals surface area contributed by atoms with Gasteiger partial charge in [-0.15, -0.1) is 0 Å². The lowest BCUT2D eigenvalue weighted by Crippen LogP contribution is -2.52. The Morgan fingerprint density at radius 1 is 1.06 bits per heavy atom. The normalized spacial score (nSPS) is 23.5. The lowest BCUT2D eigenvalue weighted by Gasteiger charge is -2.40. The van der Waals surface area contributed by atoms with Gasteiger partial charge in [0.15, 0.2) is 5.96 Å². The van der Waals surface area contributed by atoms with Gasteiger partial charge >= 0.3 is 6.09 Å². The number of ether oxygens (including phenoxy) is 1. The number of nitrogens with zero attached hydrogens (tertiary/aromatic N) is 4. The molecule has 1 unspecified atom stereocenters. The van der Waals surface area contributed by atoms with Gasteiger partial charge in [0.2, 0.25) is 0 Å². The number of nitrogens with one attached hydrogen (secondary N) is 1. The molecule has 32 heavy (non-hydrogen) atoms. The van der Waals surface area contributed by atoms with Crippen molar-refractivity contribution in [2.75, 3.05) is 52.4 Å². The van der Waals surface area contributed by atoms with Crippen LogP contribution in [0.5, 0.6) is 0 Å². The fraction of sp³-hybridized carbons (Fsp3) is 0.920. The fourth-order valence-corrected chi connectivity index (χ4v) is 4.88. The van der Waals surface area contributed by atoms with Gasteiger partial charge in [-0.05, 0) is 91.1 Å². The first kappa shape index (κ1) is 25.1. The molecular weight excluding hydrogens is 402 g/mol. The summed E-state index contributed by atoms with van der Waals surface area (Å²) in [5.41, 5.74) is -0.447. The molecule has 2 aliphatic heterocycles. The Hall–Kier alpha value is -1.50. The number of hydrogen-bond acceptors (Lipinski definition) is 4. The second-order valence-corrected chi connectivity index (χ2v) is 10.9. The van der Waals surface area contributed by atoms with Gasteiger partial charge in [0.25, 0.3) is 0 Å². The number of carbonyl (C=O) groups excluding carboxylic acids is 1. The van der Waals surface area contributed by atoms with Crippen molar-refractivity contribution in [2.45, 2.75) is 84.8 Å². The molecule has 1 aliphatic carbocycles. The molecule has 2 heterocycles. The first-order valence-electron chi connectivity index (χ1n) is 13.0. The molecule has 1 amide bonds. The predicted octanol–water partition coefficient (Wildman–Crippen LogP) is 3.80. The zero-order chi connectivity index (χ0) is 23.1. The Balaban J connectivity index is 1.54. The van der Waals surface area contributed by atoms with Gasteiger partial charge in [-0.2, -0.15) is 0 Å². The summed E-state index contributed by atoms with van der Waals surface area (Å²) in [5.74, 6) is 2.39. The van der Waals surface area contributed by atoms with E-state index in [0.717, 1.165) is 51.5 Å². The first-order valence-corrected chi connectivity index (χ1v) is 13.0. The topological polar surface area (TPSA) is 60.4 Å². The maximum Gasteiger partial charge on any atom is 0.410 e. The molecule has 0 aromatic rings. The Morgan fingerprint density at radius 3 is 2.38 bits per heavy atom. The molecule has 1 saturated carbocycles. The molecule has 0 radical (unpaired) electrons. The van der Waals surface area contributed by atoms with Crippen molar-refractivity contribution in [3.8, 4) is 0 Å². The second kappa shape index (κ2) is 11.6. The van der Waals surface area contributed by atoms with Crippen LogP contribution in [0.1, 0.15) is 73.1 Å². The van der Waals surface area contributed by atoms with Gasteiger partial charge in [0.05, 0.1) is 0 Å². The molecule has 3 fully saturated rings. The minimum Gasteiger partial charge on any atom is -0.444 e. The lowest BCUT2D eigenvalue weighted by molar-refractivity contribution is 0.00928. The van der Waals surface area contributed by atoms with Crippen LogP contribution in [-0.4, -0.2) is 90.8 Å². The van der Waals surface area contributed by atoms with Crippen LogP contribution in [0.25, 0.3) is 0 Å². The Kier molecular flexibility index (Phi) is 9.09. The summed E-state index contributed by atoms with van der Waals surface area (Å²) in [6.07, 6.45) is 6.79. The van der Waals surface area contributed by atoms with E-state index < -0.39 is 5.60 Å². The van der Waals surface area contributed by atoms with Crippen LogP contribution < -0.4 is 5.32 Å². The predicted molar refractivity (Wildman–Crippen MR) is 131 cm³/mol. The zero-order valence-corrected chi connectivity index (χ0v) is 21.2. The van der Waals surface area contributed by atoms with Crippen LogP contribution in [0.4, 0.5) is 4.79 Å². The van der Waals surface area contributed by atoms with Crippen molar-refractivity contribution in [1.29, 1.82) is 0 Å². The van der Waals surface area contributed by atoms with Crippen molar-refractivity contribution in [2.24, 2.45) is 16.8 Å². The van der Waals surface area contributed by atoms with Crippen LogP contribution in [0, 0.1) is 11.8 Å². The third kappa shape index (κ3) is 7.82. The summed E-state index contributed by atoms with van der Waals surface area (Å²) in [6.45, 7) is 18.4. The summed E-state index contributed by atoms with van der Waals surface area (Å²) >= 11 is 0. The van der Waals surface area contributed by atoms with Gasteiger partial charge < -0.3 is 24.8 Å². The maximum absolute atomic E-state index is 12.9. The van der Waals surface area contributed by atoms with Gasteiger partial charge in [-0.3, -0.25) is 4.99 Å². The smallest absolute Gasteiger partial charge is 0.410 e. The van der Waals surface area contributed by atoms with Crippen molar-refractivity contribution >= 4 is 12.1 Å². The zero-order valence-electron chi connectivity index (χ0n) is 21.2. The van der Waals surface area contributed by atoms with E-state index in [4.69, 9.17) is 9.73 Å². The van der Waals surface area contributed by atoms with Crippen molar-refractivity contribution in [1.82, 2.24) is 20.0 Å². The molecule has 2 saturated heterocycles. The van der Waals surface area contributed by atoms with E-state index in [-0.39, 0.29) is 12.1 Å². The van der Waals surface area contributed by atoms with Crippen LogP contribution in [-0.2, 0) is 4.74 Å². The molecule has 1 atom stereocenters. The van der Waals surface area contributed by atoms with E-state index in [9.17, 15) is 4.79 Å². The highest BCUT2D eigenvalue weighted by atomic mass is 16.6. The highest BCUT2D eigenvalue weighted by molar-refractivity contribution is 5.80. The van der Waals surface area contributed by atoms with Gasteiger partial charge in [-0.1, -0.05) is 6.92 Å². The minimum atomic E-state index is -0.447. The molecule has 3 rings (SSSR count). The SMILES string of the molecule is CCCN1CCC(CN=C(NCC)N2CCC(N(CC3CC3)C(=O)OC(C)(C)C)CC2)C1. The standard InChI is InChI=1S/C25H47N5O2/c1-6-13-28-14-10-21(18-28)17-27-23(26-7-2)29-15-11-22(12-16-29)30(19-20-8-9-20)24(31)32-25(3,4)5/h20-22H,6-19H2,1-5H3,(H,26,27). The fourth-order valence-electron chi connectivity index (χ4n) is 4.88. The Bertz CT molecular complexity index is 620. The Labute approximate surface area is 195 Å². The largest absolute Gasteiger partial charge is 0.444 e. The number of likely N-dealkylation sites (tertiary alicyclic amines) is 2. The summed E-state index contributed by atoms with van der Waals surface area (Å²) in [7, 11) is 0. The highest BCUT2D eigenvalue weighted by Gasteiger charge is 2.35. The Morgan fingerprint density at radius 2 is 1.78 bits per heavy atom. The average molecular weight is 450 g/mol. The molecule has 0 aromatic carbocycles. The van der Waals surface area contributed by atoms with E-state index in [1.807, 2.05) is 25.7 Å². The average Bonchev–Trinajstić information content (AvgIpc) is 3.45. The van der Waals surface area contributed by atoms with Crippen LogP contribution in [0.3, 0.4) is 0 Å². The first-order chi connectivity index (χ1) is 15.3. The molecule has 3 aliphatic rings. The monoisotopic (exact) mass is 449 g/mol. The number of aliphatic imine (C=N–C) groups is 1. The van der Waals surface area contributed by atoms with Crippen LogP contribution >= 0.6 is 0 Å². The lowest BCUT2D eigenvalue weighted by atomic mass is 10.0. The summed E-state index contributed by atoms with van der Waals surface area (Å²) in [6, 6.07) is 0.266. The number of guanidine groups is 1. The summed E-state index contributed by atoms with van der Waals surface area (Å²) in [4.78, 5) is 24.9. The number of piperidine rings is 1. The number of hydrogen-bond donors (Lipinski definition) is 1. The van der Waals surface area contributed by atoms with Gasteiger partial charge in [-0.25, -0.2) is 4.79 Å². The number of carbonyl (C=O) groups is 1. The number of amides is 1. The quantitative estimate of drug-likeness (QED) is 0.451.